The van der Waals surface area contributed by atoms with Gasteiger partial charge in [0.25, 0.3) is 0 Å². The van der Waals surface area contributed by atoms with Crippen molar-refractivity contribution in [2.24, 2.45) is 0 Å². The Kier molecular flexibility index (Phi) is 16.4. The Morgan fingerprint density at radius 1 is 0.545 bits per heavy atom. The minimum atomic E-state index is 0. The lowest BCUT2D eigenvalue weighted by Gasteiger charge is -2.32. The van der Waals surface area contributed by atoms with Crippen molar-refractivity contribution >= 4 is 0 Å². The Morgan fingerprint density at radius 2 is 0.773 bits per heavy atom. The molecular weight excluding hydrogens is 315 g/mol. The molecule has 0 saturated heterocycles. The maximum absolute atomic E-state index is 3.84. The number of hydrogen-bond acceptors (Lipinski definition) is 0. The molecule has 0 rings (SSSR count). The lowest BCUT2D eigenvalue weighted by Crippen LogP contribution is -3.00. The van der Waals surface area contributed by atoms with Crippen LogP contribution in [0.2, 0.25) is 0 Å². The molecule has 0 heterocycles. The molecule has 0 fully saturated rings. The van der Waals surface area contributed by atoms with E-state index in [1.807, 2.05) is 24.3 Å². The van der Waals surface area contributed by atoms with Crippen LogP contribution in [0.4, 0.5) is 0 Å². The van der Waals surface area contributed by atoms with Crippen LogP contribution in [-0.2, 0) is 0 Å². The minimum absolute atomic E-state index is 0. The molecule has 0 atom stereocenters. The summed E-state index contributed by atoms with van der Waals surface area (Å²) >= 11 is 0. The first-order valence-electron chi connectivity index (χ1n) is 7.21. The SMILES string of the molecule is C=CC[N+](C)(CC=C)CC=CC[N+](C)(CC=C)CC=C.[Cl-].[Cl-]. The number of quaternary nitrogens is 2. The highest BCUT2D eigenvalue weighted by Crippen LogP contribution is 2.06. The van der Waals surface area contributed by atoms with E-state index in [1.165, 1.54) is 0 Å². The molecule has 0 aromatic heterocycles. The molecule has 0 aliphatic carbocycles. The lowest BCUT2D eigenvalue weighted by atomic mass is 10.3. The first-order chi connectivity index (χ1) is 9.45. The fraction of sp³-hybridized carbons (Fsp3) is 0.444. The molecule has 128 valence electrons. The standard InChI is InChI=1S/C18H32N2.2ClH/c1-7-13-19(5,14-8-2)17-11-12-18-20(6,15-9-3)16-10-4;;/h7-12H,1-4,13-18H2,5-6H3;2*1H/q+2;;/p-2. The van der Waals surface area contributed by atoms with Crippen LogP contribution in [0.15, 0.2) is 62.8 Å². The van der Waals surface area contributed by atoms with E-state index in [-0.39, 0.29) is 24.8 Å². The predicted molar refractivity (Wildman–Crippen MR) is 91.5 cm³/mol. The highest BCUT2D eigenvalue weighted by Gasteiger charge is 2.17. The number of nitrogens with zero attached hydrogens (tertiary/aromatic N) is 2. The van der Waals surface area contributed by atoms with Crippen molar-refractivity contribution in [1.29, 1.82) is 0 Å². The second-order valence-corrected chi connectivity index (χ2v) is 5.96. The number of rotatable bonds is 12. The van der Waals surface area contributed by atoms with E-state index < -0.39 is 0 Å². The van der Waals surface area contributed by atoms with Crippen LogP contribution in [0.25, 0.3) is 0 Å². The quantitative estimate of drug-likeness (QED) is 0.264. The van der Waals surface area contributed by atoms with Gasteiger partial charge in [0.15, 0.2) is 0 Å². The molecule has 4 heteroatoms. The Balaban J connectivity index is -0.00000180. The van der Waals surface area contributed by atoms with Gasteiger partial charge in [-0.1, -0.05) is 26.3 Å². The summed E-state index contributed by atoms with van der Waals surface area (Å²) in [4.78, 5) is 0. The van der Waals surface area contributed by atoms with Crippen LogP contribution in [-0.4, -0.2) is 62.3 Å². The van der Waals surface area contributed by atoms with Crippen molar-refractivity contribution in [3.63, 3.8) is 0 Å². The number of likely N-dealkylation sites (N-methyl/N-ethyl adjacent to an activating group) is 2. The van der Waals surface area contributed by atoms with Gasteiger partial charge < -0.3 is 33.8 Å². The molecule has 0 spiro atoms. The van der Waals surface area contributed by atoms with E-state index in [1.54, 1.807) is 0 Å². The third kappa shape index (κ3) is 10.9. The number of hydrogen-bond donors (Lipinski definition) is 0. The van der Waals surface area contributed by atoms with Gasteiger partial charge in [0, 0.05) is 0 Å². The van der Waals surface area contributed by atoms with Gasteiger partial charge >= 0.3 is 0 Å². The fourth-order valence-electron chi connectivity index (χ4n) is 2.35. The Hall–Kier alpha value is -0.800. The van der Waals surface area contributed by atoms with E-state index >= 15 is 0 Å². The molecular formula is C18H32Cl2N2. The van der Waals surface area contributed by atoms with E-state index in [2.05, 4.69) is 52.6 Å². The average molecular weight is 347 g/mol. The van der Waals surface area contributed by atoms with Crippen LogP contribution >= 0.6 is 0 Å². The summed E-state index contributed by atoms with van der Waals surface area (Å²) < 4.78 is 1.85. The van der Waals surface area contributed by atoms with Crippen LogP contribution in [0.1, 0.15) is 0 Å². The minimum Gasteiger partial charge on any atom is -1.00 e. The zero-order valence-electron chi connectivity index (χ0n) is 14.2. The largest absolute Gasteiger partial charge is 1.00 e. The summed E-state index contributed by atoms with van der Waals surface area (Å²) in [5.74, 6) is 0. The lowest BCUT2D eigenvalue weighted by molar-refractivity contribution is -0.894. The third-order valence-corrected chi connectivity index (χ3v) is 3.54. The summed E-state index contributed by atoms with van der Waals surface area (Å²) in [6.07, 6.45) is 12.5. The Morgan fingerprint density at radius 3 is 0.955 bits per heavy atom. The third-order valence-electron chi connectivity index (χ3n) is 3.54. The monoisotopic (exact) mass is 346 g/mol. The second kappa shape index (κ2) is 13.8. The van der Waals surface area contributed by atoms with Crippen LogP contribution < -0.4 is 24.8 Å². The fourth-order valence-corrected chi connectivity index (χ4v) is 2.35. The molecule has 2 nitrogen and oxygen atoms in total. The van der Waals surface area contributed by atoms with E-state index in [0.29, 0.717) is 0 Å². The number of halogens is 2. The zero-order chi connectivity index (χ0) is 15.5. The average Bonchev–Trinajstić information content (AvgIpc) is 2.36. The second-order valence-electron chi connectivity index (χ2n) is 5.96. The van der Waals surface area contributed by atoms with Gasteiger partial charge in [-0.3, -0.25) is 0 Å². The van der Waals surface area contributed by atoms with Crippen molar-refractivity contribution in [2.45, 2.75) is 0 Å². The van der Waals surface area contributed by atoms with Gasteiger partial charge in [-0.25, -0.2) is 0 Å². The molecule has 0 amide bonds. The van der Waals surface area contributed by atoms with E-state index in [4.69, 9.17) is 0 Å². The van der Waals surface area contributed by atoms with Gasteiger partial charge in [0.05, 0.1) is 53.4 Å². The van der Waals surface area contributed by atoms with Gasteiger partial charge in [-0.15, -0.1) is 0 Å². The zero-order valence-corrected chi connectivity index (χ0v) is 15.7. The Labute approximate surface area is 150 Å². The van der Waals surface area contributed by atoms with Crippen LogP contribution in [0, 0.1) is 0 Å². The van der Waals surface area contributed by atoms with Crippen LogP contribution in [0.3, 0.4) is 0 Å². The summed E-state index contributed by atoms with van der Waals surface area (Å²) in [7, 11) is 4.46. The maximum Gasteiger partial charge on any atom is 0.0978 e. The molecule has 0 aromatic rings. The highest BCUT2D eigenvalue weighted by molar-refractivity contribution is 4.85. The maximum atomic E-state index is 3.84. The van der Waals surface area contributed by atoms with Gasteiger partial charge in [0.2, 0.25) is 0 Å². The summed E-state index contributed by atoms with van der Waals surface area (Å²) in [5, 5.41) is 0. The predicted octanol–water partition coefficient (Wildman–Crippen LogP) is -2.81. The smallest absolute Gasteiger partial charge is 0.0978 e. The first-order valence-corrected chi connectivity index (χ1v) is 7.21. The summed E-state index contributed by atoms with van der Waals surface area (Å²) in [6, 6.07) is 0. The normalized spacial score (nSPS) is 11.2. The molecule has 0 aliphatic heterocycles. The molecule has 0 bridgehead atoms. The van der Waals surface area contributed by atoms with E-state index in [9.17, 15) is 0 Å². The van der Waals surface area contributed by atoms with Crippen molar-refractivity contribution in [3.05, 3.63) is 62.8 Å². The van der Waals surface area contributed by atoms with Gasteiger partial charge in [0.1, 0.15) is 0 Å². The molecule has 0 radical (unpaired) electrons. The molecule has 0 aromatic carbocycles. The van der Waals surface area contributed by atoms with Crippen molar-refractivity contribution < 1.29 is 33.8 Å². The molecule has 0 N–H and O–H groups in total. The molecule has 22 heavy (non-hydrogen) atoms. The first kappa shape index (κ1) is 26.1. The summed E-state index contributed by atoms with van der Waals surface area (Å²) in [6.45, 7) is 21.2. The van der Waals surface area contributed by atoms with Gasteiger partial charge in [-0.05, 0) is 36.5 Å². The van der Waals surface area contributed by atoms with Gasteiger partial charge in [-0.2, -0.15) is 0 Å². The van der Waals surface area contributed by atoms with Crippen molar-refractivity contribution in [1.82, 2.24) is 0 Å². The molecule has 0 unspecified atom stereocenters. The molecule has 0 aliphatic rings. The van der Waals surface area contributed by atoms with Crippen LogP contribution in [0.5, 0.6) is 0 Å². The highest BCUT2D eigenvalue weighted by atomic mass is 35.5. The van der Waals surface area contributed by atoms with Crippen molar-refractivity contribution in [3.8, 4) is 0 Å². The molecule has 0 saturated carbocycles. The van der Waals surface area contributed by atoms with Crippen molar-refractivity contribution in [2.75, 3.05) is 53.4 Å². The topological polar surface area (TPSA) is 0 Å². The summed E-state index contributed by atoms with van der Waals surface area (Å²) in [5.41, 5.74) is 0. The van der Waals surface area contributed by atoms with E-state index in [0.717, 1.165) is 48.2 Å². The Bertz CT molecular complexity index is 308.